The third-order valence-electron chi connectivity index (χ3n) is 5.39. The molecule has 0 spiro atoms. The summed E-state index contributed by atoms with van der Waals surface area (Å²) in [4.78, 5) is 28.8. The monoisotopic (exact) mass is 514 g/mol. The second kappa shape index (κ2) is 11.7. The van der Waals surface area contributed by atoms with Crippen LogP contribution >= 0.6 is 23.2 Å². The maximum atomic E-state index is 13.7. The van der Waals surface area contributed by atoms with E-state index in [1.807, 2.05) is 51.1 Å². The standard InChI is InChI=1S/C28H29Cl2FN2O2/c1-28(2,3)32-27(35)25(15-19-7-5-4-6-8-19)33(18-20-9-13-23(31)14-10-20)26(34)16-21-11-12-22(29)17-24(21)30/h4-14,17,25H,15-16,18H2,1-3H3,(H,32,35). The van der Waals surface area contributed by atoms with Crippen molar-refractivity contribution >= 4 is 35.0 Å². The summed E-state index contributed by atoms with van der Waals surface area (Å²) in [6, 6.07) is 19.6. The minimum absolute atomic E-state index is 0.00865. The van der Waals surface area contributed by atoms with Crippen LogP contribution < -0.4 is 5.32 Å². The minimum Gasteiger partial charge on any atom is -0.350 e. The van der Waals surface area contributed by atoms with Gasteiger partial charge in [-0.3, -0.25) is 9.59 Å². The van der Waals surface area contributed by atoms with Crippen molar-refractivity contribution in [2.45, 2.75) is 51.7 Å². The zero-order chi connectivity index (χ0) is 25.6. The number of carbonyl (C=O) groups is 2. The van der Waals surface area contributed by atoms with Crippen molar-refractivity contribution in [2.75, 3.05) is 0 Å². The Labute approximate surface area is 216 Å². The van der Waals surface area contributed by atoms with Crippen LogP contribution in [0.5, 0.6) is 0 Å². The van der Waals surface area contributed by atoms with Crippen LogP contribution in [0.2, 0.25) is 10.0 Å². The smallest absolute Gasteiger partial charge is 0.243 e. The first-order valence-corrected chi connectivity index (χ1v) is 12.1. The Hall–Kier alpha value is -2.89. The van der Waals surface area contributed by atoms with E-state index in [1.54, 1.807) is 35.2 Å². The number of hydrogen-bond donors (Lipinski definition) is 1. The van der Waals surface area contributed by atoms with Crippen molar-refractivity contribution in [3.63, 3.8) is 0 Å². The van der Waals surface area contributed by atoms with Crippen LogP contribution in [0.3, 0.4) is 0 Å². The highest BCUT2D eigenvalue weighted by Crippen LogP contribution is 2.23. The normalized spacial score (nSPS) is 12.2. The van der Waals surface area contributed by atoms with Crippen molar-refractivity contribution in [1.29, 1.82) is 0 Å². The Bertz CT molecular complexity index is 1160. The van der Waals surface area contributed by atoms with E-state index in [0.29, 0.717) is 27.6 Å². The third-order valence-corrected chi connectivity index (χ3v) is 5.98. The molecule has 1 N–H and O–H groups in total. The van der Waals surface area contributed by atoms with Crippen LogP contribution in [0, 0.1) is 5.82 Å². The number of nitrogens with one attached hydrogen (secondary N) is 1. The SMILES string of the molecule is CC(C)(C)NC(=O)C(Cc1ccccc1)N(Cc1ccc(F)cc1)C(=O)Cc1ccc(Cl)cc1Cl. The quantitative estimate of drug-likeness (QED) is 0.387. The third kappa shape index (κ3) is 8.08. The average Bonchev–Trinajstić information content (AvgIpc) is 2.78. The fourth-order valence-electron chi connectivity index (χ4n) is 3.72. The Morgan fingerprint density at radius 1 is 0.943 bits per heavy atom. The summed E-state index contributed by atoms with van der Waals surface area (Å²) in [6.45, 7) is 5.82. The van der Waals surface area contributed by atoms with Gasteiger partial charge in [0.1, 0.15) is 11.9 Å². The number of nitrogens with zero attached hydrogens (tertiary/aromatic N) is 1. The first kappa shape index (κ1) is 26.7. The summed E-state index contributed by atoms with van der Waals surface area (Å²) >= 11 is 12.4. The summed E-state index contributed by atoms with van der Waals surface area (Å²) in [7, 11) is 0. The van der Waals surface area contributed by atoms with Crippen LogP contribution in [-0.2, 0) is 29.0 Å². The van der Waals surface area contributed by atoms with Crippen LogP contribution in [-0.4, -0.2) is 28.3 Å². The molecular weight excluding hydrogens is 486 g/mol. The molecular formula is C28H29Cl2FN2O2. The summed E-state index contributed by atoms with van der Waals surface area (Å²) < 4.78 is 13.5. The largest absolute Gasteiger partial charge is 0.350 e. The van der Waals surface area contributed by atoms with Gasteiger partial charge in [-0.15, -0.1) is 0 Å². The number of hydrogen-bond acceptors (Lipinski definition) is 2. The van der Waals surface area contributed by atoms with Gasteiger partial charge in [0.2, 0.25) is 11.8 Å². The van der Waals surface area contributed by atoms with Gasteiger partial charge in [-0.1, -0.05) is 71.7 Å². The molecule has 184 valence electrons. The van der Waals surface area contributed by atoms with Crippen LogP contribution in [0.15, 0.2) is 72.8 Å². The lowest BCUT2D eigenvalue weighted by Gasteiger charge is -2.34. The van der Waals surface area contributed by atoms with Crippen molar-refractivity contribution in [3.05, 3.63) is 105 Å². The van der Waals surface area contributed by atoms with E-state index in [2.05, 4.69) is 5.32 Å². The molecule has 0 heterocycles. The molecule has 3 aromatic rings. The number of benzene rings is 3. The number of rotatable bonds is 8. The zero-order valence-corrected chi connectivity index (χ0v) is 21.5. The van der Waals surface area contributed by atoms with Gasteiger partial charge in [-0.25, -0.2) is 4.39 Å². The molecule has 0 saturated carbocycles. The summed E-state index contributed by atoms with van der Waals surface area (Å²) in [6.07, 6.45) is 0.315. The fourth-order valence-corrected chi connectivity index (χ4v) is 4.20. The number of carbonyl (C=O) groups excluding carboxylic acids is 2. The summed E-state index contributed by atoms with van der Waals surface area (Å²) in [5, 5.41) is 3.87. The number of amides is 2. The van der Waals surface area contributed by atoms with Crippen molar-refractivity contribution in [3.8, 4) is 0 Å². The van der Waals surface area contributed by atoms with E-state index in [1.165, 1.54) is 12.1 Å². The fraction of sp³-hybridized carbons (Fsp3) is 0.286. The molecule has 1 atom stereocenters. The van der Waals surface area contributed by atoms with Gasteiger partial charge in [0.25, 0.3) is 0 Å². The van der Waals surface area contributed by atoms with E-state index in [-0.39, 0.29) is 30.6 Å². The molecule has 3 rings (SSSR count). The highest BCUT2D eigenvalue weighted by molar-refractivity contribution is 6.35. The molecule has 0 aliphatic heterocycles. The molecule has 4 nitrogen and oxygen atoms in total. The second-order valence-corrected chi connectivity index (χ2v) is 10.3. The van der Waals surface area contributed by atoms with Crippen LogP contribution in [0.4, 0.5) is 4.39 Å². The molecule has 35 heavy (non-hydrogen) atoms. The van der Waals surface area contributed by atoms with Crippen LogP contribution in [0.1, 0.15) is 37.5 Å². The molecule has 0 aromatic heterocycles. The Kier molecular flexibility index (Phi) is 8.92. The van der Waals surface area contributed by atoms with E-state index < -0.39 is 11.6 Å². The minimum atomic E-state index is -0.791. The predicted octanol–water partition coefficient (Wildman–Crippen LogP) is 6.23. The van der Waals surface area contributed by atoms with Crippen molar-refractivity contribution < 1.29 is 14.0 Å². The molecule has 0 saturated heterocycles. The number of halogens is 3. The first-order chi connectivity index (χ1) is 16.5. The Morgan fingerprint density at radius 3 is 2.20 bits per heavy atom. The van der Waals surface area contributed by atoms with E-state index in [0.717, 1.165) is 5.56 Å². The molecule has 0 aliphatic rings. The molecule has 0 fully saturated rings. The topological polar surface area (TPSA) is 49.4 Å². The Balaban J connectivity index is 2.00. The highest BCUT2D eigenvalue weighted by Gasteiger charge is 2.32. The van der Waals surface area contributed by atoms with Gasteiger partial charge < -0.3 is 10.2 Å². The molecule has 0 radical (unpaired) electrons. The second-order valence-electron chi connectivity index (χ2n) is 9.51. The molecule has 3 aromatic carbocycles. The van der Waals surface area contributed by atoms with Gasteiger partial charge >= 0.3 is 0 Å². The van der Waals surface area contributed by atoms with E-state index in [4.69, 9.17) is 23.2 Å². The lowest BCUT2D eigenvalue weighted by atomic mass is 10.00. The maximum absolute atomic E-state index is 13.7. The van der Waals surface area contributed by atoms with Crippen molar-refractivity contribution in [1.82, 2.24) is 10.2 Å². The van der Waals surface area contributed by atoms with Gasteiger partial charge in [0.15, 0.2) is 0 Å². The molecule has 0 aliphatic carbocycles. The van der Waals surface area contributed by atoms with E-state index in [9.17, 15) is 14.0 Å². The lowest BCUT2D eigenvalue weighted by molar-refractivity contribution is -0.141. The van der Waals surface area contributed by atoms with Crippen molar-refractivity contribution in [2.24, 2.45) is 0 Å². The van der Waals surface area contributed by atoms with Gasteiger partial charge in [-0.05, 0) is 61.7 Å². The Morgan fingerprint density at radius 2 is 1.60 bits per heavy atom. The molecule has 2 amide bonds. The average molecular weight is 515 g/mol. The predicted molar refractivity (Wildman–Crippen MR) is 139 cm³/mol. The van der Waals surface area contributed by atoms with E-state index >= 15 is 0 Å². The van der Waals surface area contributed by atoms with Gasteiger partial charge in [0.05, 0.1) is 6.42 Å². The lowest BCUT2D eigenvalue weighted by Crippen LogP contribution is -2.54. The summed E-state index contributed by atoms with van der Waals surface area (Å²) in [5.41, 5.74) is 1.75. The molecule has 0 bridgehead atoms. The zero-order valence-electron chi connectivity index (χ0n) is 20.0. The molecule has 1 unspecified atom stereocenters. The summed E-state index contributed by atoms with van der Waals surface area (Å²) in [5.74, 6) is -0.909. The van der Waals surface area contributed by atoms with Gasteiger partial charge in [-0.2, -0.15) is 0 Å². The van der Waals surface area contributed by atoms with Gasteiger partial charge in [0, 0.05) is 28.5 Å². The maximum Gasteiger partial charge on any atom is 0.243 e. The van der Waals surface area contributed by atoms with Crippen LogP contribution in [0.25, 0.3) is 0 Å². The first-order valence-electron chi connectivity index (χ1n) is 11.4. The molecule has 7 heteroatoms. The highest BCUT2D eigenvalue weighted by atomic mass is 35.5.